The van der Waals surface area contributed by atoms with Gasteiger partial charge in [-0.15, -0.1) is 0 Å². The number of carbonyl (C=O) groups excluding carboxylic acids is 1. The largest absolute Gasteiger partial charge is 0.493 e. The van der Waals surface area contributed by atoms with Gasteiger partial charge < -0.3 is 14.8 Å². The van der Waals surface area contributed by atoms with E-state index in [1.807, 2.05) is 30.3 Å². The summed E-state index contributed by atoms with van der Waals surface area (Å²) < 4.78 is 10.4. The van der Waals surface area contributed by atoms with E-state index >= 15 is 0 Å². The van der Waals surface area contributed by atoms with Crippen molar-refractivity contribution in [3.8, 4) is 5.75 Å². The van der Waals surface area contributed by atoms with Crippen LogP contribution in [0.4, 0.5) is 0 Å². The molecule has 1 aromatic rings. The summed E-state index contributed by atoms with van der Waals surface area (Å²) >= 11 is 0. The molecule has 1 saturated heterocycles. The van der Waals surface area contributed by atoms with Gasteiger partial charge in [0, 0.05) is 0 Å². The predicted molar refractivity (Wildman–Crippen MR) is 59.3 cm³/mol. The van der Waals surface area contributed by atoms with Gasteiger partial charge in [-0.1, -0.05) is 18.2 Å². The number of rotatable bonds is 5. The second kappa shape index (κ2) is 5.51. The molecule has 1 aliphatic rings. The molecule has 0 aliphatic carbocycles. The molecule has 4 heteroatoms. The predicted octanol–water partition coefficient (Wildman–Crippen LogP) is 0.970. The maximum absolute atomic E-state index is 11.4. The van der Waals surface area contributed by atoms with E-state index in [2.05, 4.69) is 5.32 Å². The van der Waals surface area contributed by atoms with Crippen LogP contribution in [-0.4, -0.2) is 31.8 Å². The average molecular weight is 221 g/mol. The van der Waals surface area contributed by atoms with Crippen molar-refractivity contribution in [2.75, 3.05) is 19.8 Å². The van der Waals surface area contributed by atoms with Crippen LogP contribution in [0, 0.1) is 0 Å². The zero-order valence-corrected chi connectivity index (χ0v) is 9.02. The molecule has 4 nitrogen and oxygen atoms in total. The van der Waals surface area contributed by atoms with E-state index < -0.39 is 0 Å². The number of para-hydroxylation sites is 1. The molecule has 0 aromatic heterocycles. The van der Waals surface area contributed by atoms with Gasteiger partial charge in [0.15, 0.2) is 0 Å². The van der Waals surface area contributed by atoms with Gasteiger partial charge in [-0.05, 0) is 12.1 Å². The minimum atomic E-state index is 0.0178. The monoisotopic (exact) mass is 221 g/mol. The molecule has 2 rings (SSSR count). The van der Waals surface area contributed by atoms with Gasteiger partial charge in [0.2, 0.25) is 5.91 Å². The zero-order valence-electron chi connectivity index (χ0n) is 9.02. The summed E-state index contributed by atoms with van der Waals surface area (Å²) in [5.41, 5.74) is 0. The maximum atomic E-state index is 11.4. The standard InChI is InChI=1S/C12H15NO3/c14-12(13-10-8-15-9-10)6-7-16-11-4-2-1-3-5-11/h1-5,10H,6-9H2,(H,13,14). The maximum Gasteiger partial charge on any atom is 0.223 e. The second-order valence-electron chi connectivity index (χ2n) is 3.71. The van der Waals surface area contributed by atoms with Crippen LogP contribution in [0.1, 0.15) is 6.42 Å². The van der Waals surface area contributed by atoms with E-state index in [0.717, 1.165) is 5.75 Å². The molecule has 86 valence electrons. The van der Waals surface area contributed by atoms with E-state index in [4.69, 9.17) is 9.47 Å². The minimum Gasteiger partial charge on any atom is -0.493 e. The number of ether oxygens (including phenoxy) is 2. The molecule has 0 radical (unpaired) electrons. The molecule has 1 N–H and O–H groups in total. The van der Waals surface area contributed by atoms with Crippen LogP contribution in [0.5, 0.6) is 5.75 Å². The first-order chi connectivity index (χ1) is 7.84. The highest BCUT2D eigenvalue weighted by atomic mass is 16.5. The summed E-state index contributed by atoms with van der Waals surface area (Å²) in [6, 6.07) is 9.68. The third-order valence-corrected chi connectivity index (χ3v) is 2.34. The van der Waals surface area contributed by atoms with Crippen molar-refractivity contribution in [3.05, 3.63) is 30.3 Å². The Kier molecular flexibility index (Phi) is 3.77. The smallest absolute Gasteiger partial charge is 0.223 e. The van der Waals surface area contributed by atoms with E-state index in [9.17, 15) is 4.79 Å². The number of amides is 1. The summed E-state index contributed by atoms with van der Waals surface area (Å²) in [4.78, 5) is 11.4. The fraction of sp³-hybridized carbons (Fsp3) is 0.417. The lowest BCUT2D eigenvalue weighted by Gasteiger charge is -2.26. The van der Waals surface area contributed by atoms with Gasteiger partial charge in [0.1, 0.15) is 5.75 Å². The first-order valence-corrected chi connectivity index (χ1v) is 5.39. The summed E-state index contributed by atoms with van der Waals surface area (Å²) in [6.45, 7) is 1.67. The highest BCUT2D eigenvalue weighted by Crippen LogP contribution is 2.08. The molecule has 0 unspecified atom stereocenters. The van der Waals surface area contributed by atoms with Crippen LogP contribution in [0.25, 0.3) is 0 Å². The molecule has 1 aromatic carbocycles. The SMILES string of the molecule is O=C(CCOc1ccccc1)NC1COC1. The highest BCUT2D eigenvalue weighted by molar-refractivity contribution is 5.76. The first kappa shape index (κ1) is 11.0. The number of hydrogen-bond acceptors (Lipinski definition) is 3. The third kappa shape index (κ3) is 3.24. The van der Waals surface area contributed by atoms with Gasteiger partial charge in [-0.2, -0.15) is 0 Å². The molecular weight excluding hydrogens is 206 g/mol. The van der Waals surface area contributed by atoms with Crippen LogP contribution in [0.3, 0.4) is 0 Å². The van der Waals surface area contributed by atoms with Crippen molar-refractivity contribution in [2.24, 2.45) is 0 Å². The molecule has 1 heterocycles. The Labute approximate surface area is 94.6 Å². The van der Waals surface area contributed by atoms with Gasteiger partial charge >= 0.3 is 0 Å². The Bertz CT molecular complexity index is 335. The van der Waals surface area contributed by atoms with Crippen LogP contribution in [0.2, 0.25) is 0 Å². The summed E-state index contributed by atoms with van der Waals surface area (Å²) in [5, 5.41) is 2.86. The van der Waals surface area contributed by atoms with Gasteiger partial charge in [0.05, 0.1) is 32.3 Å². The first-order valence-electron chi connectivity index (χ1n) is 5.39. The van der Waals surface area contributed by atoms with Crippen LogP contribution in [-0.2, 0) is 9.53 Å². The summed E-state index contributed by atoms with van der Waals surface area (Å²) in [7, 11) is 0. The topological polar surface area (TPSA) is 47.6 Å². The molecule has 1 fully saturated rings. The Balaban J connectivity index is 1.62. The zero-order chi connectivity index (χ0) is 11.2. The lowest BCUT2D eigenvalue weighted by molar-refractivity contribution is -0.125. The normalized spacial score (nSPS) is 15.2. The fourth-order valence-corrected chi connectivity index (χ4v) is 1.40. The van der Waals surface area contributed by atoms with Crippen LogP contribution >= 0.6 is 0 Å². The van der Waals surface area contributed by atoms with Crippen molar-refractivity contribution in [1.29, 1.82) is 0 Å². The number of hydrogen-bond donors (Lipinski definition) is 1. The lowest BCUT2D eigenvalue weighted by atomic mass is 10.2. The second-order valence-corrected chi connectivity index (χ2v) is 3.71. The molecule has 16 heavy (non-hydrogen) atoms. The molecule has 1 amide bonds. The summed E-state index contributed by atoms with van der Waals surface area (Å²) in [6.07, 6.45) is 0.380. The molecule has 0 atom stereocenters. The van der Waals surface area contributed by atoms with E-state index in [-0.39, 0.29) is 11.9 Å². The molecule has 0 spiro atoms. The average Bonchev–Trinajstić information content (AvgIpc) is 2.25. The van der Waals surface area contributed by atoms with Crippen molar-refractivity contribution < 1.29 is 14.3 Å². The lowest BCUT2D eigenvalue weighted by Crippen LogP contribution is -2.48. The van der Waals surface area contributed by atoms with Crippen molar-refractivity contribution in [1.82, 2.24) is 5.32 Å². The van der Waals surface area contributed by atoms with Gasteiger partial charge in [-0.3, -0.25) is 4.79 Å². The number of benzene rings is 1. The molecule has 0 bridgehead atoms. The fourth-order valence-electron chi connectivity index (χ4n) is 1.40. The Hall–Kier alpha value is -1.55. The van der Waals surface area contributed by atoms with Crippen LogP contribution < -0.4 is 10.1 Å². The number of carbonyl (C=O) groups is 1. The van der Waals surface area contributed by atoms with Crippen molar-refractivity contribution in [3.63, 3.8) is 0 Å². The number of nitrogens with one attached hydrogen (secondary N) is 1. The molecule has 1 aliphatic heterocycles. The van der Waals surface area contributed by atoms with Crippen molar-refractivity contribution >= 4 is 5.91 Å². The highest BCUT2D eigenvalue weighted by Gasteiger charge is 2.19. The Morgan fingerprint density at radius 3 is 2.75 bits per heavy atom. The Morgan fingerprint density at radius 1 is 1.38 bits per heavy atom. The third-order valence-electron chi connectivity index (χ3n) is 2.34. The van der Waals surface area contributed by atoms with Gasteiger partial charge in [-0.25, -0.2) is 0 Å². The molecule has 0 saturated carbocycles. The quantitative estimate of drug-likeness (QED) is 0.806. The van der Waals surface area contributed by atoms with E-state index in [1.165, 1.54) is 0 Å². The minimum absolute atomic E-state index is 0.0178. The van der Waals surface area contributed by atoms with E-state index in [0.29, 0.717) is 26.2 Å². The van der Waals surface area contributed by atoms with Crippen LogP contribution in [0.15, 0.2) is 30.3 Å². The van der Waals surface area contributed by atoms with Crippen molar-refractivity contribution in [2.45, 2.75) is 12.5 Å². The Morgan fingerprint density at radius 2 is 2.12 bits per heavy atom. The summed E-state index contributed by atoms with van der Waals surface area (Å²) in [5.74, 6) is 0.812. The van der Waals surface area contributed by atoms with E-state index in [1.54, 1.807) is 0 Å². The molecular formula is C12H15NO3. The van der Waals surface area contributed by atoms with Gasteiger partial charge in [0.25, 0.3) is 0 Å².